The first-order valence-corrected chi connectivity index (χ1v) is 8.83. The molecule has 1 atom stereocenters. The number of aromatic nitrogens is 2. The Labute approximate surface area is 148 Å². The third-order valence-corrected chi connectivity index (χ3v) is 5.02. The van der Waals surface area contributed by atoms with Crippen LogP contribution in [0.15, 0.2) is 34.9 Å². The molecule has 6 nitrogen and oxygen atoms in total. The minimum Gasteiger partial charge on any atom is -0.371 e. The predicted molar refractivity (Wildman–Crippen MR) is 93.0 cm³/mol. The normalized spacial score (nSPS) is 18.1. The molecule has 1 aliphatic heterocycles. The van der Waals surface area contributed by atoms with Gasteiger partial charge in [0, 0.05) is 26.6 Å². The zero-order valence-electron chi connectivity index (χ0n) is 15.1. The van der Waals surface area contributed by atoms with Crippen molar-refractivity contribution in [2.45, 2.75) is 45.1 Å². The summed E-state index contributed by atoms with van der Waals surface area (Å²) in [5.74, 6) is 1.29. The molecule has 25 heavy (non-hydrogen) atoms. The number of hydrogen-bond acceptors (Lipinski definition) is 5. The van der Waals surface area contributed by atoms with Gasteiger partial charge < -0.3 is 14.2 Å². The average Bonchev–Trinajstić information content (AvgIpc) is 3.13. The monoisotopic (exact) mass is 343 g/mol. The Morgan fingerprint density at radius 1 is 1.32 bits per heavy atom. The minimum absolute atomic E-state index is 0.109. The van der Waals surface area contributed by atoms with E-state index in [1.807, 2.05) is 36.9 Å². The second-order valence-corrected chi connectivity index (χ2v) is 6.51. The van der Waals surface area contributed by atoms with E-state index in [9.17, 15) is 4.79 Å². The van der Waals surface area contributed by atoms with Crippen molar-refractivity contribution in [2.24, 2.45) is 0 Å². The lowest BCUT2D eigenvalue weighted by atomic mass is 9.72. The van der Waals surface area contributed by atoms with E-state index in [2.05, 4.69) is 22.3 Å². The smallest absolute Gasteiger partial charge is 0.237 e. The molecule has 0 N–H and O–H groups in total. The molecule has 1 fully saturated rings. The van der Waals surface area contributed by atoms with Crippen LogP contribution in [0.5, 0.6) is 0 Å². The van der Waals surface area contributed by atoms with E-state index < -0.39 is 0 Å². The lowest BCUT2D eigenvalue weighted by Gasteiger charge is -2.39. The quantitative estimate of drug-likeness (QED) is 0.834. The average molecular weight is 343 g/mol. The fraction of sp³-hybridized carbons (Fsp3) is 0.526. The summed E-state index contributed by atoms with van der Waals surface area (Å²) >= 11 is 0. The van der Waals surface area contributed by atoms with Gasteiger partial charge in [-0.05, 0) is 32.3 Å². The van der Waals surface area contributed by atoms with Crippen LogP contribution < -0.4 is 0 Å². The molecule has 1 aliphatic rings. The van der Waals surface area contributed by atoms with Crippen LogP contribution >= 0.6 is 0 Å². The number of ether oxygens (including phenoxy) is 1. The Balaban J connectivity index is 1.95. The van der Waals surface area contributed by atoms with Gasteiger partial charge >= 0.3 is 0 Å². The minimum atomic E-state index is -0.357. The molecule has 134 valence electrons. The molecule has 0 bridgehead atoms. The largest absolute Gasteiger partial charge is 0.371 e. The SMILES string of the molecule is CCOC(C)c1noc(C2(c3ccccc3)CCN(C(C)=O)CC2)n1. The molecule has 0 radical (unpaired) electrons. The Bertz CT molecular complexity index is 706. The van der Waals surface area contributed by atoms with E-state index in [-0.39, 0.29) is 17.4 Å². The molecule has 6 heteroatoms. The third kappa shape index (κ3) is 3.44. The highest BCUT2D eigenvalue weighted by Gasteiger charge is 2.43. The summed E-state index contributed by atoms with van der Waals surface area (Å²) < 4.78 is 11.3. The molecule has 3 rings (SSSR count). The molecule has 1 unspecified atom stereocenters. The first-order chi connectivity index (χ1) is 12.1. The van der Waals surface area contributed by atoms with E-state index in [1.54, 1.807) is 6.92 Å². The van der Waals surface area contributed by atoms with Crippen molar-refractivity contribution < 1.29 is 14.1 Å². The van der Waals surface area contributed by atoms with Crippen molar-refractivity contribution in [3.8, 4) is 0 Å². The van der Waals surface area contributed by atoms with Gasteiger partial charge in [-0.25, -0.2) is 0 Å². The van der Waals surface area contributed by atoms with Crippen LogP contribution in [0.1, 0.15) is 57.0 Å². The summed E-state index contributed by atoms with van der Waals surface area (Å²) in [5, 5.41) is 4.14. The number of carbonyl (C=O) groups excluding carboxylic acids is 1. The molecule has 0 spiro atoms. The summed E-state index contributed by atoms with van der Waals surface area (Å²) in [6.45, 7) is 7.45. The van der Waals surface area contributed by atoms with Crippen LogP contribution in [-0.2, 0) is 14.9 Å². The number of piperidine rings is 1. The number of amides is 1. The second kappa shape index (κ2) is 7.35. The Morgan fingerprint density at radius 2 is 2.00 bits per heavy atom. The van der Waals surface area contributed by atoms with Crippen LogP contribution in [0.2, 0.25) is 0 Å². The zero-order chi connectivity index (χ0) is 17.9. The Hall–Kier alpha value is -2.21. The zero-order valence-corrected chi connectivity index (χ0v) is 15.1. The highest BCUT2D eigenvalue weighted by atomic mass is 16.5. The predicted octanol–water partition coefficient (Wildman–Crippen LogP) is 3.10. The number of likely N-dealkylation sites (tertiary alicyclic amines) is 1. The maximum Gasteiger partial charge on any atom is 0.237 e. The molecule has 2 heterocycles. The van der Waals surface area contributed by atoms with Gasteiger partial charge in [-0.2, -0.15) is 4.98 Å². The van der Waals surface area contributed by atoms with Crippen LogP contribution in [0, 0.1) is 0 Å². The molecular formula is C19H25N3O3. The standard InChI is InChI=1S/C19H25N3O3/c1-4-24-14(2)17-20-18(25-21-17)19(16-8-6-5-7-9-16)10-12-22(13-11-19)15(3)23/h5-9,14H,4,10-13H2,1-3H3. The van der Waals surface area contributed by atoms with Gasteiger partial charge in [0.25, 0.3) is 0 Å². The lowest BCUT2D eigenvalue weighted by Crippen LogP contribution is -2.45. The van der Waals surface area contributed by atoms with Crippen molar-refractivity contribution in [3.63, 3.8) is 0 Å². The number of hydrogen-bond donors (Lipinski definition) is 0. The number of rotatable bonds is 5. The molecule has 1 saturated heterocycles. The highest BCUT2D eigenvalue weighted by molar-refractivity contribution is 5.73. The van der Waals surface area contributed by atoms with Crippen molar-refractivity contribution in [2.75, 3.05) is 19.7 Å². The van der Waals surface area contributed by atoms with Gasteiger partial charge in [-0.1, -0.05) is 35.5 Å². The first kappa shape index (κ1) is 17.6. The van der Waals surface area contributed by atoms with Gasteiger partial charge in [-0.3, -0.25) is 4.79 Å². The topological polar surface area (TPSA) is 68.5 Å². The summed E-state index contributed by atoms with van der Waals surface area (Å²) in [6, 6.07) is 10.2. The highest BCUT2D eigenvalue weighted by Crippen LogP contribution is 2.41. The number of nitrogens with zero attached hydrogens (tertiary/aromatic N) is 3. The fourth-order valence-electron chi connectivity index (χ4n) is 3.51. The van der Waals surface area contributed by atoms with Crippen molar-refractivity contribution in [1.82, 2.24) is 15.0 Å². The van der Waals surface area contributed by atoms with Gasteiger partial charge in [0.05, 0.1) is 5.41 Å². The number of carbonyl (C=O) groups is 1. The first-order valence-electron chi connectivity index (χ1n) is 8.83. The molecule has 0 saturated carbocycles. The van der Waals surface area contributed by atoms with Gasteiger partial charge in [0.15, 0.2) is 5.82 Å². The maximum atomic E-state index is 11.7. The molecule has 1 aromatic heterocycles. The van der Waals surface area contributed by atoms with Gasteiger partial charge in [-0.15, -0.1) is 0 Å². The Morgan fingerprint density at radius 3 is 2.60 bits per heavy atom. The summed E-state index contributed by atoms with van der Waals surface area (Å²) in [4.78, 5) is 18.2. The van der Waals surface area contributed by atoms with E-state index in [0.717, 1.165) is 18.4 Å². The van der Waals surface area contributed by atoms with Crippen molar-refractivity contribution in [3.05, 3.63) is 47.6 Å². The van der Waals surface area contributed by atoms with E-state index in [1.165, 1.54) is 0 Å². The molecule has 1 aromatic carbocycles. The van der Waals surface area contributed by atoms with Crippen molar-refractivity contribution >= 4 is 5.91 Å². The van der Waals surface area contributed by atoms with Crippen LogP contribution in [0.4, 0.5) is 0 Å². The summed E-state index contributed by atoms with van der Waals surface area (Å²) in [6.07, 6.45) is 1.33. The van der Waals surface area contributed by atoms with Crippen LogP contribution in [-0.4, -0.2) is 40.6 Å². The van der Waals surface area contributed by atoms with E-state index in [4.69, 9.17) is 9.26 Å². The van der Waals surface area contributed by atoms with Crippen molar-refractivity contribution in [1.29, 1.82) is 0 Å². The molecular weight excluding hydrogens is 318 g/mol. The van der Waals surface area contributed by atoms with E-state index in [0.29, 0.717) is 31.4 Å². The maximum absolute atomic E-state index is 11.7. The summed E-state index contributed by atoms with van der Waals surface area (Å²) in [7, 11) is 0. The second-order valence-electron chi connectivity index (χ2n) is 6.51. The van der Waals surface area contributed by atoms with Gasteiger partial charge in [0.2, 0.25) is 11.8 Å². The van der Waals surface area contributed by atoms with Gasteiger partial charge in [0.1, 0.15) is 6.10 Å². The third-order valence-electron chi connectivity index (χ3n) is 5.02. The fourth-order valence-corrected chi connectivity index (χ4v) is 3.51. The molecule has 0 aliphatic carbocycles. The van der Waals surface area contributed by atoms with Crippen LogP contribution in [0.3, 0.4) is 0 Å². The molecule has 1 amide bonds. The summed E-state index contributed by atoms with van der Waals surface area (Å²) in [5.41, 5.74) is 0.794. The molecule has 2 aromatic rings. The Kier molecular flexibility index (Phi) is 5.18. The van der Waals surface area contributed by atoms with E-state index >= 15 is 0 Å². The number of benzene rings is 1. The van der Waals surface area contributed by atoms with Crippen LogP contribution in [0.25, 0.3) is 0 Å². The lowest BCUT2D eigenvalue weighted by molar-refractivity contribution is -0.130.